The van der Waals surface area contributed by atoms with Crippen molar-refractivity contribution < 1.29 is 19.1 Å². The quantitative estimate of drug-likeness (QED) is 0.569. The molecular formula is C17H20ClN3O4S. The topological polar surface area (TPSA) is 90.3 Å². The van der Waals surface area contributed by atoms with Gasteiger partial charge in [0.05, 0.1) is 27.8 Å². The number of amides is 1. The summed E-state index contributed by atoms with van der Waals surface area (Å²) in [4.78, 5) is 36.7. The SMILES string of the molecule is CCOC(=O)c1c(NC(=O)CCn2cc(Cl)c(C)n2)sc(C(C)=O)c1C. The minimum Gasteiger partial charge on any atom is -0.462 e. The van der Waals surface area contributed by atoms with Crippen molar-refractivity contribution in [2.75, 3.05) is 11.9 Å². The first-order valence-corrected chi connectivity index (χ1v) is 9.24. The number of ketones is 1. The third-order valence-corrected chi connectivity index (χ3v) is 5.33. The Kier molecular flexibility index (Phi) is 6.55. The maximum absolute atomic E-state index is 12.3. The molecule has 0 bridgehead atoms. The fourth-order valence-corrected chi connectivity index (χ4v) is 3.66. The molecule has 0 fully saturated rings. The van der Waals surface area contributed by atoms with Gasteiger partial charge in [0.15, 0.2) is 5.78 Å². The summed E-state index contributed by atoms with van der Waals surface area (Å²) in [7, 11) is 0. The van der Waals surface area contributed by atoms with Gasteiger partial charge in [0.1, 0.15) is 5.00 Å². The van der Waals surface area contributed by atoms with Crippen molar-refractivity contribution in [3.8, 4) is 0 Å². The van der Waals surface area contributed by atoms with Crippen molar-refractivity contribution in [1.29, 1.82) is 0 Å². The van der Waals surface area contributed by atoms with Gasteiger partial charge < -0.3 is 10.1 Å². The van der Waals surface area contributed by atoms with Crippen molar-refractivity contribution in [1.82, 2.24) is 9.78 Å². The first-order chi connectivity index (χ1) is 12.2. The Bertz CT molecular complexity index is 837. The fourth-order valence-electron chi connectivity index (χ4n) is 2.40. The van der Waals surface area contributed by atoms with E-state index in [1.165, 1.54) is 6.92 Å². The zero-order chi connectivity index (χ0) is 19.4. The molecule has 1 amide bonds. The van der Waals surface area contributed by atoms with Gasteiger partial charge in [0.2, 0.25) is 5.91 Å². The van der Waals surface area contributed by atoms with Gasteiger partial charge >= 0.3 is 5.97 Å². The van der Waals surface area contributed by atoms with Crippen LogP contribution in [-0.2, 0) is 16.1 Å². The molecule has 7 nitrogen and oxygen atoms in total. The summed E-state index contributed by atoms with van der Waals surface area (Å²) < 4.78 is 6.63. The van der Waals surface area contributed by atoms with Crippen LogP contribution in [0.2, 0.25) is 5.02 Å². The smallest absolute Gasteiger partial charge is 0.341 e. The molecular weight excluding hydrogens is 378 g/mol. The Balaban J connectivity index is 2.16. The van der Waals surface area contributed by atoms with Crippen LogP contribution in [0.3, 0.4) is 0 Å². The molecule has 0 aliphatic carbocycles. The summed E-state index contributed by atoms with van der Waals surface area (Å²) in [5, 5.41) is 7.76. The molecule has 0 unspecified atom stereocenters. The molecule has 9 heteroatoms. The van der Waals surface area contributed by atoms with Crippen molar-refractivity contribution in [2.24, 2.45) is 0 Å². The van der Waals surface area contributed by atoms with Crippen molar-refractivity contribution in [3.63, 3.8) is 0 Å². The molecule has 26 heavy (non-hydrogen) atoms. The molecule has 0 aliphatic rings. The summed E-state index contributed by atoms with van der Waals surface area (Å²) in [5.41, 5.74) is 1.44. The number of aryl methyl sites for hydroxylation is 2. The summed E-state index contributed by atoms with van der Waals surface area (Å²) in [5.74, 6) is -1.02. The molecule has 0 atom stereocenters. The van der Waals surface area contributed by atoms with E-state index in [2.05, 4.69) is 10.4 Å². The van der Waals surface area contributed by atoms with Gasteiger partial charge in [-0.15, -0.1) is 11.3 Å². The van der Waals surface area contributed by atoms with Crippen molar-refractivity contribution >= 4 is 45.6 Å². The number of rotatable bonds is 7. The third kappa shape index (κ3) is 4.50. The Morgan fingerprint density at radius 2 is 2.04 bits per heavy atom. The second-order valence-electron chi connectivity index (χ2n) is 5.66. The number of nitrogens with zero attached hydrogens (tertiary/aromatic N) is 2. The summed E-state index contributed by atoms with van der Waals surface area (Å²) in [6.07, 6.45) is 1.80. The van der Waals surface area contributed by atoms with E-state index in [9.17, 15) is 14.4 Å². The van der Waals surface area contributed by atoms with E-state index in [4.69, 9.17) is 16.3 Å². The third-order valence-electron chi connectivity index (χ3n) is 3.65. The second kappa shape index (κ2) is 8.46. The molecule has 2 aromatic heterocycles. The van der Waals surface area contributed by atoms with E-state index < -0.39 is 5.97 Å². The van der Waals surface area contributed by atoms with E-state index in [1.807, 2.05) is 0 Å². The molecule has 0 spiro atoms. The number of thiophene rings is 1. The zero-order valence-corrected chi connectivity index (χ0v) is 16.6. The Hall–Kier alpha value is -2.19. The summed E-state index contributed by atoms with van der Waals surface area (Å²) >= 11 is 7.02. The Morgan fingerprint density at radius 1 is 1.35 bits per heavy atom. The predicted molar refractivity (Wildman–Crippen MR) is 100 cm³/mol. The van der Waals surface area contributed by atoms with Gasteiger partial charge in [-0.2, -0.15) is 5.10 Å². The maximum Gasteiger partial charge on any atom is 0.341 e. The van der Waals surface area contributed by atoms with Crippen LogP contribution >= 0.6 is 22.9 Å². The van der Waals surface area contributed by atoms with Crippen LogP contribution in [0.1, 0.15) is 51.6 Å². The standard InChI is InChI=1S/C17H20ClN3O4S/c1-5-25-17(24)14-9(2)15(11(4)22)26-16(14)19-13(23)6-7-21-8-12(18)10(3)20-21/h8H,5-7H2,1-4H3,(H,19,23). The van der Waals surface area contributed by atoms with Gasteiger partial charge in [0.25, 0.3) is 0 Å². The largest absolute Gasteiger partial charge is 0.462 e. The van der Waals surface area contributed by atoms with E-state index in [0.717, 1.165) is 11.3 Å². The molecule has 1 N–H and O–H groups in total. The molecule has 0 radical (unpaired) electrons. The summed E-state index contributed by atoms with van der Waals surface area (Å²) in [6, 6.07) is 0. The molecule has 0 aliphatic heterocycles. The van der Waals surface area contributed by atoms with Gasteiger partial charge in [0, 0.05) is 19.2 Å². The minimum atomic E-state index is -0.557. The number of Topliss-reactive ketones (excluding diaryl/α,β-unsaturated/α-hetero) is 1. The average Bonchev–Trinajstić information content (AvgIpc) is 3.05. The van der Waals surface area contributed by atoms with Gasteiger partial charge in [-0.1, -0.05) is 11.6 Å². The molecule has 0 saturated carbocycles. The number of hydrogen-bond donors (Lipinski definition) is 1. The fraction of sp³-hybridized carbons (Fsp3) is 0.412. The monoisotopic (exact) mass is 397 g/mol. The van der Waals surface area contributed by atoms with E-state index in [0.29, 0.717) is 32.7 Å². The molecule has 2 rings (SSSR count). The summed E-state index contributed by atoms with van der Waals surface area (Å²) in [6.45, 7) is 7.12. The highest BCUT2D eigenvalue weighted by Gasteiger charge is 2.25. The number of carbonyl (C=O) groups excluding carboxylic acids is 3. The molecule has 140 valence electrons. The first-order valence-electron chi connectivity index (χ1n) is 8.05. The number of aromatic nitrogens is 2. The van der Waals surface area contributed by atoms with Crippen LogP contribution in [-0.4, -0.2) is 34.0 Å². The zero-order valence-electron chi connectivity index (χ0n) is 15.0. The van der Waals surface area contributed by atoms with Gasteiger partial charge in [-0.05, 0) is 33.3 Å². The highest BCUT2D eigenvalue weighted by atomic mass is 35.5. The van der Waals surface area contributed by atoms with Crippen molar-refractivity contribution in [3.05, 3.63) is 32.9 Å². The normalized spacial score (nSPS) is 10.7. The number of carbonyl (C=O) groups is 3. The Labute approximate surface area is 160 Å². The number of hydrogen-bond acceptors (Lipinski definition) is 6. The Morgan fingerprint density at radius 3 is 2.58 bits per heavy atom. The lowest BCUT2D eigenvalue weighted by molar-refractivity contribution is -0.116. The molecule has 0 saturated heterocycles. The van der Waals surface area contributed by atoms with Crippen LogP contribution in [0.4, 0.5) is 5.00 Å². The van der Waals surface area contributed by atoms with E-state index in [-0.39, 0.29) is 30.3 Å². The van der Waals surface area contributed by atoms with Crippen LogP contribution < -0.4 is 5.32 Å². The predicted octanol–water partition coefficient (Wildman–Crippen LogP) is 3.62. The number of nitrogens with one attached hydrogen (secondary N) is 1. The van der Waals surface area contributed by atoms with Crippen LogP contribution in [0.5, 0.6) is 0 Å². The highest BCUT2D eigenvalue weighted by molar-refractivity contribution is 7.18. The van der Waals surface area contributed by atoms with Gasteiger partial charge in [-0.25, -0.2) is 4.79 Å². The first kappa shape index (κ1) is 20.1. The number of ether oxygens (including phenoxy) is 1. The van der Waals surface area contributed by atoms with E-state index in [1.54, 1.807) is 31.6 Å². The number of halogens is 1. The van der Waals surface area contributed by atoms with Crippen LogP contribution in [0.25, 0.3) is 0 Å². The lowest BCUT2D eigenvalue weighted by Gasteiger charge is -2.07. The lowest BCUT2D eigenvalue weighted by Crippen LogP contribution is -2.16. The van der Waals surface area contributed by atoms with Crippen molar-refractivity contribution in [2.45, 2.75) is 40.7 Å². The van der Waals surface area contributed by atoms with Crippen LogP contribution in [0.15, 0.2) is 6.20 Å². The van der Waals surface area contributed by atoms with E-state index >= 15 is 0 Å². The lowest BCUT2D eigenvalue weighted by atomic mass is 10.1. The van der Waals surface area contributed by atoms with Crippen LogP contribution in [0, 0.1) is 13.8 Å². The maximum atomic E-state index is 12.3. The second-order valence-corrected chi connectivity index (χ2v) is 7.09. The number of anilines is 1. The van der Waals surface area contributed by atoms with Gasteiger partial charge in [-0.3, -0.25) is 14.3 Å². The molecule has 2 aromatic rings. The average molecular weight is 398 g/mol. The number of esters is 1. The molecule has 2 heterocycles. The molecule has 0 aromatic carbocycles. The highest BCUT2D eigenvalue weighted by Crippen LogP contribution is 2.34. The minimum absolute atomic E-state index is 0.145.